The minimum atomic E-state index is -0.254. The highest BCUT2D eigenvalue weighted by molar-refractivity contribution is 7.71. The van der Waals surface area contributed by atoms with Crippen LogP contribution in [0.4, 0.5) is 0 Å². The van der Waals surface area contributed by atoms with Crippen LogP contribution in [0.25, 0.3) is 0 Å². The third-order valence-electron chi connectivity index (χ3n) is 3.97. The van der Waals surface area contributed by atoms with Crippen LogP contribution in [0.1, 0.15) is 43.0 Å². The molecule has 128 valence electrons. The van der Waals surface area contributed by atoms with Gasteiger partial charge in [0.25, 0.3) is 5.91 Å². The molecule has 2 heterocycles. The van der Waals surface area contributed by atoms with Crippen LogP contribution >= 0.6 is 12.2 Å². The third-order valence-corrected chi connectivity index (χ3v) is 4.28. The molecule has 2 aromatic rings. The van der Waals surface area contributed by atoms with Gasteiger partial charge in [-0.25, -0.2) is 0 Å². The molecule has 1 aromatic carbocycles. The van der Waals surface area contributed by atoms with Gasteiger partial charge in [-0.15, -0.1) is 0 Å². The summed E-state index contributed by atoms with van der Waals surface area (Å²) in [5.74, 6) is 1.92. The maximum absolute atomic E-state index is 12.7. The number of carbonyl (C=O) groups is 1. The number of fused-ring (bicyclic) bond motifs is 1. The molecule has 7 nitrogen and oxygen atoms in total. The molecule has 0 radical (unpaired) electrons. The molecule has 0 bridgehead atoms. The van der Waals surface area contributed by atoms with E-state index in [-0.39, 0.29) is 24.7 Å². The number of aromatic nitrogens is 3. The van der Waals surface area contributed by atoms with E-state index in [9.17, 15) is 4.79 Å². The lowest BCUT2D eigenvalue weighted by molar-refractivity contribution is 0.0921. The number of H-pyrrole nitrogens is 1. The average molecular weight is 348 g/mol. The minimum Gasteiger partial charge on any atom is -0.454 e. The third kappa shape index (κ3) is 3.01. The molecule has 24 heavy (non-hydrogen) atoms. The first-order valence-corrected chi connectivity index (χ1v) is 8.27. The summed E-state index contributed by atoms with van der Waals surface area (Å²) < 4.78 is 13.0. The van der Waals surface area contributed by atoms with E-state index in [0.717, 1.165) is 5.82 Å². The number of hydrogen-bond donors (Lipinski definition) is 2. The predicted octanol–water partition coefficient (Wildman–Crippen LogP) is 2.82. The largest absolute Gasteiger partial charge is 0.454 e. The summed E-state index contributed by atoms with van der Waals surface area (Å²) in [6.07, 6.45) is 0. The Labute approximate surface area is 145 Å². The Morgan fingerprint density at radius 1 is 1.42 bits per heavy atom. The molecule has 1 aliphatic rings. The van der Waals surface area contributed by atoms with Gasteiger partial charge in [0.05, 0.1) is 6.04 Å². The summed E-state index contributed by atoms with van der Waals surface area (Å²) >= 11 is 5.24. The van der Waals surface area contributed by atoms with E-state index in [0.29, 0.717) is 28.4 Å². The van der Waals surface area contributed by atoms with E-state index in [1.807, 2.05) is 25.3 Å². The van der Waals surface area contributed by atoms with Gasteiger partial charge >= 0.3 is 0 Å². The van der Waals surface area contributed by atoms with Crippen molar-refractivity contribution in [3.05, 3.63) is 34.4 Å². The standard InChI is InChI=1S/C16H20N4O3S/c1-4-20-14(18-19-16(20)24)13(9(2)3)17-15(21)10-5-6-11-12(7-10)23-8-22-11/h5-7,9,13H,4,8H2,1-3H3,(H,17,21)(H,19,24)/t13-/m1/s1. The average Bonchev–Trinajstić information content (AvgIpc) is 3.17. The van der Waals surface area contributed by atoms with Crippen LogP contribution in [0.3, 0.4) is 0 Å². The smallest absolute Gasteiger partial charge is 0.252 e. The molecule has 0 aliphatic carbocycles. The van der Waals surface area contributed by atoms with E-state index in [4.69, 9.17) is 21.7 Å². The van der Waals surface area contributed by atoms with Crippen LogP contribution < -0.4 is 14.8 Å². The number of benzene rings is 1. The first kappa shape index (κ1) is 16.5. The van der Waals surface area contributed by atoms with Gasteiger partial charge in [-0.05, 0) is 43.3 Å². The molecule has 1 atom stereocenters. The molecule has 3 rings (SSSR count). The van der Waals surface area contributed by atoms with Gasteiger partial charge in [0, 0.05) is 12.1 Å². The second-order valence-electron chi connectivity index (χ2n) is 5.89. The molecule has 0 fully saturated rings. The summed E-state index contributed by atoms with van der Waals surface area (Å²) in [5.41, 5.74) is 0.516. The molecule has 1 aliphatic heterocycles. The zero-order valence-electron chi connectivity index (χ0n) is 13.8. The summed E-state index contributed by atoms with van der Waals surface area (Å²) in [4.78, 5) is 12.7. The van der Waals surface area contributed by atoms with Crippen molar-refractivity contribution in [2.24, 2.45) is 5.92 Å². The van der Waals surface area contributed by atoms with Crippen LogP contribution in [-0.4, -0.2) is 27.5 Å². The summed E-state index contributed by atoms with van der Waals surface area (Å²) in [5, 5.41) is 10.1. The van der Waals surface area contributed by atoms with Gasteiger partial charge < -0.3 is 19.4 Å². The van der Waals surface area contributed by atoms with Crippen molar-refractivity contribution in [1.82, 2.24) is 20.1 Å². The van der Waals surface area contributed by atoms with Gasteiger partial charge in [0.1, 0.15) is 0 Å². The molecule has 2 N–H and O–H groups in total. The van der Waals surface area contributed by atoms with Gasteiger partial charge in [0.2, 0.25) is 6.79 Å². The van der Waals surface area contributed by atoms with Crippen LogP contribution in [0.5, 0.6) is 11.5 Å². The Balaban J connectivity index is 1.85. The summed E-state index contributed by atoms with van der Waals surface area (Å²) in [6.45, 7) is 6.92. The number of ether oxygens (including phenoxy) is 2. The lowest BCUT2D eigenvalue weighted by atomic mass is 10.0. The van der Waals surface area contributed by atoms with Crippen LogP contribution in [0.2, 0.25) is 0 Å². The normalized spacial score (nSPS) is 14.0. The molecule has 1 amide bonds. The van der Waals surface area contributed by atoms with Gasteiger partial charge in [-0.2, -0.15) is 5.10 Å². The van der Waals surface area contributed by atoms with Gasteiger partial charge in [-0.3, -0.25) is 9.89 Å². The summed E-state index contributed by atoms with van der Waals surface area (Å²) in [6, 6.07) is 4.89. The van der Waals surface area contributed by atoms with Crippen molar-refractivity contribution < 1.29 is 14.3 Å². The number of hydrogen-bond acceptors (Lipinski definition) is 5. The van der Waals surface area contributed by atoms with Crippen LogP contribution in [0.15, 0.2) is 18.2 Å². The zero-order chi connectivity index (χ0) is 17.3. The highest BCUT2D eigenvalue weighted by atomic mass is 32.1. The SMILES string of the molecule is CCn1c([C@H](NC(=O)c2ccc3c(c2)OCO3)C(C)C)n[nH]c1=S. The van der Waals surface area contributed by atoms with E-state index >= 15 is 0 Å². The van der Waals surface area contributed by atoms with Crippen molar-refractivity contribution in [3.8, 4) is 11.5 Å². The Bertz CT molecular complexity index is 812. The molecular weight excluding hydrogens is 328 g/mol. The maximum atomic E-state index is 12.7. The van der Waals surface area contributed by atoms with Crippen molar-refractivity contribution in [2.45, 2.75) is 33.4 Å². The Kier molecular flexibility index (Phi) is 4.57. The fraction of sp³-hybridized carbons (Fsp3) is 0.438. The van der Waals surface area contributed by atoms with E-state index in [1.54, 1.807) is 18.2 Å². The highest BCUT2D eigenvalue weighted by Gasteiger charge is 2.25. The van der Waals surface area contributed by atoms with Crippen molar-refractivity contribution in [2.75, 3.05) is 6.79 Å². The van der Waals surface area contributed by atoms with Crippen molar-refractivity contribution >= 4 is 18.1 Å². The molecule has 0 spiro atoms. The molecule has 8 heteroatoms. The highest BCUT2D eigenvalue weighted by Crippen LogP contribution is 2.32. The van der Waals surface area contributed by atoms with E-state index < -0.39 is 0 Å². The first-order chi connectivity index (χ1) is 11.5. The number of carbonyl (C=O) groups excluding carboxylic acids is 1. The Morgan fingerprint density at radius 2 is 2.17 bits per heavy atom. The van der Waals surface area contributed by atoms with Gasteiger partial charge in [0.15, 0.2) is 22.1 Å². The number of nitrogens with zero attached hydrogens (tertiary/aromatic N) is 2. The zero-order valence-corrected chi connectivity index (χ0v) is 14.6. The lowest BCUT2D eigenvalue weighted by Gasteiger charge is -2.22. The number of aromatic amines is 1. The van der Waals surface area contributed by atoms with E-state index in [1.165, 1.54) is 0 Å². The maximum Gasteiger partial charge on any atom is 0.252 e. The van der Waals surface area contributed by atoms with Crippen LogP contribution in [-0.2, 0) is 6.54 Å². The summed E-state index contributed by atoms with van der Waals surface area (Å²) in [7, 11) is 0. The molecular formula is C16H20N4O3S. The molecule has 0 saturated heterocycles. The van der Waals surface area contributed by atoms with Crippen molar-refractivity contribution in [1.29, 1.82) is 0 Å². The number of nitrogens with one attached hydrogen (secondary N) is 2. The second-order valence-corrected chi connectivity index (χ2v) is 6.28. The Morgan fingerprint density at radius 3 is 2.88 bits per heavy atom. The first-order valence-electron chi connectivity index (χ1n) is 7.87. The number of amides is 1. The number of rotatable bonds is 5. The monoisotopic (exact) mass is 348 g/mol. The quantitative estimate of drug-likeness (QED) is 0.812. The van der Waals surface area contributed by atoms with Crippen molar-refractivity contribution in [3.63, 3.8) is 0 Å². The van der Waals surface area contributed by atoms with E-state index in [2.05, 4.69) is 15.5 Å². The fourth-order valence-corrected chi connectivity index (χ4v) is 2.93. The molecule has 0 unspecified atom stereocenters. The van der Waals surface area contributed by atoms with Gasteiger partial charge in [-0.1, -0.05) is 13.8 Å². The minimum absolute atomic E-state index is 0.151. The lowest BCUT2D eigenvalue weighted by Crippen LogP contribution is -2.33. The Hall–Kier alpha value is -2.35. The predicted molar refractivity (Wildman–Crippen MR) is 90.7 cm³/mol. The fourth-order valence-electron chi connectivity index (χ4n) is 2.66. The molecule has 0 saturated carbocycles. The second kappa shape index (κ2) is 6.64. The topological polar surface area (TPSA) is 81.2 Å². The molecule has 1 aromatic heterocycles. The van der Waals surface area contributed by atoms with Crippen LogP contribution in [0, 0.1) is 10.7 Å².